The molecule has 160 valence electrons. The van der Waals surface area contributed by atoms with Crippen LogP contribution in [0, 0.1) is 0 Å². The maximum atomic E-state index is 13.4. The molecule has 0 bridgehead atoms. The Morgan fingerprint density at radius 1 is 0.630 bits per heavy atom. The maximum Gasteiger partial charge on any atom is 0.460 e. The van der Waals surface area contributed by atoms with Gasteiger partial charge in [0.15, 0.2) is 11.4 Å². The lowest BCUT2D eigenvalue weighted by Crippen LogP contribution is -2.61. The Morgan fingerprint density at radius 2 is 1.00 bits per heavy atom. The van der Waals surface area contributed by atoms with E-state index < -0.39 is 53.4 Å². The molecule has 0 aromatic rings. The minimum atomic E-state index is -7.93. The van der Waals surface area contributed by atoms with Crippen LogP contribution in [0.25, 0.3) is 0 Å². The van der Waals surface area contributed by atoms with Gasteiger partial charge >= 0.3 is 42.0 Å². The van der Waals surface area contributed by atoms with Gasteiger partial charge in [0.05, 0.1) is 7.11 Å². The Hall–Kier alpha value is -1.84. The van der Waals surface area contributed by atoms with Crippen molar-refractivity contribution < 1.29 is 75.4 Å². The molecule has 0 fully saturated rings. The molecule has 0 saturated carbocycles. The van der Waals surface area contributed by atoms with E-state index in [0.717, 1.165) is 0 Å². The smallest absolute Gasteiger partial charge is 0.460 e. The van der Waals surface area contributed by atoms with Crippen molar-refractivity contribution in [3.8, 4) is 0 Å². The average Bonchev–Trinajstić information content (AvgIpc) is 2.43. The molecule has 0 aliphatic rings. The topological polar surface area (TPSA) is 26.3 Å². The average molecular weight is 440 g/mol. The standard InChI is InChI=1S/C10H3F15O2/c1-27-4(26)2(5(12,13)9(20,21)22)3(11)6(14,15)7(16,17)8(18,19)10(23,24)25/h1H3. The molecule has 0 rings (SSSR count). The molecule has 0 radical (unpaired) electrons. The number of alkyl halides is 14. The summed E-state index contributed by atoms with van der Waals surface area (Å²) < 4.78 is 192. The van der Waals surface area contributed by atoms with Crippen molar-refractivity contribution in [1.29, 1.82) is 0 Å². The van der Waals surface area contributed by atoms with Crippen molar-refractivity contribution in [2.75, 3.05) is 7.11 Å². The van der Waals surface area contributed by atoms with E-state index in [-0.39, 0.29) is 7.11 Å². The molecular weight excluding hydrogens is 437 g/mol. The third kappa shape index (κ3) is 3.76. The van der Waals surface area contributed by atoms with Gasteiger partial charge < -0.3 is 4.74 Å². The molecule has 0 unspecified atom stereocenters. The molecule has 2 nitrogen and oxygen atoms in total. The summed E-state index contributed by atoms with van der Waals surface area (Å²) in [6, 6.07) is 0. The zero-order valence-electron chi connectivity index (χ0n) is 12.0. The predicted molar refractivity (Wildman–Crippen MR) is 52.0 cm³/mol. The SMILES string of the molecule is COC(=O)C(=C(F)C(F)(F)C(F)(F)C(F)(F)C(F)(F)F)C(F)(F)C(F)(F)F. The van der Waals surface area contributed by atoms with Crippen molar-refractivity contribution in [2.24, 2.45) is 0 Å². The molecule has 0 aliphatic heterocycles. The zero-order chi connectivity index (χ0) is 22.4. The van der Waals surface area contributed by atoms with Gasteiger partial charge in [-0.3, -0.25) is 0 Å². The van der Waals surface area contributed by atoms with Gasteiger partial charge in [-0.2, -0.15) is 61.5 Å². The van der Waals surface area contributed by atoms with Crippen LogP contribution in [0.1, 0.15) is 0 Å². The number of halogens is 15. The minimum Gasteiger partial charge on any atom is -0.465 e. The van der Waals surface area contributed by atoms with Gasteiger partial charge in [0.2, 0.25) is 0 Å². The van der Waals surface area contributed by atoms with Gasteiger partial charge in [0.25, 0.3) is 0 Å². The van der Waals surface area contributed by atoms with Gasteiger partial charge in [0, 0.05) is 0 Å². The number of ether oxygens (including phenoxy) is 1. The first-order valence-corrected chi connectivity index (χ1v) is 5.65. The third-order valence-electron chi connectivity index (χ3n) is 2.70. The molecule has 0 spiro atoms. The molecule has 0 heterocycles. The first-order chi connectivity index (χ1) is 11.5. The quantitative estimate of drug-likeness (QED) is 0.340. The van der Waals surface area contributed by atoms with Gasteiger partial charge in [0.1, 0.15) is 0 Å². The highest BCUT2D eigenvalue weighted by Crippen LogP contribution is 2.57. The lowest BCUT2D eigenvalue weighted by atomic mass is 9.97. The van der Waals surface area contributed by atoms with E-state index in [1.807, 2.05) is 0 Å². The zero-order valence-corrected chi connectivity index (χ0v) is 12.0. The van der Waals surface area contributed by atoms with Crippen LogP contribution < -0.4 is 0 Å². The van der Waals surface area contributed by atoms with Crippen molar-refractivity contribution in [3.05, 3.63) is 11.4 Å². The molecule has 0 N–H and O–H groups in total. The summed E-state index contributed by atoms with van der Waals surface area (Å²) in [7, 11) is -0.136. The fourth-order valence-corrected chi connectivity index (χ4v) is 1.27. The normalized spacial score (nSPS) is 16.1. The summed E-state index contributed by atoms with van der Waals surface area (Å²) in [4.78, 5) is 10.8. The van der Waals surface area contributed by atoms with Crippen molar-refractivity contribution in [1.82, 2.24) is 0 Å². The summed E-state index contributed by atoms with van der Waals surface area (Å²) in [6.45, 7) is 0. The largest absolute Gasteiger partial charge is 0.465 e. The Bertz CT molecular complexity index is 609. The van der Waals surface area contributed by atoms with Crippen LogP contribution in [0.2, 0.25) is 0 Å². The molecule has 0 aliphatic carbocycles. The van der Waals surface area contributed by atoms with Gasteiger partial charge in [-0.15, -0.1) is 0 Å². The number of hydrogen-bond donors (Lipinski definition) is 0. The number of carbonyl (C=O) groups is 1. The van der Waals surface area contributed by atoms with Crippen LogP contribution in [0.5, 0.6) is 0 Å². The van der Waals surface area contributed by atoms with Gasteiger partial charge in [-0.05, 0) is 0 Å². The highest BCUT2D eigenvalue weighted by atomic mass is 19.4. The highest BCUT2D eigenvalue weighted by Gasteiger charge is 2.84. The van der Waals surface area contributed by atoms with Crippen molar-refractivity contribution in [2.45, 2.75) is 36.0 Å². The molecular formula is C10H3F15O2. The predicted octanol–water partition coefficient (Wildman–Crippen LogP) is 5.05. The number of methoxy groups -OCH3 is 1. The van der Waals surface area contributed by atoms with E-state index >= 15 is 0 Å². The van der Waals surface area contributed by atoms with Crippen LogP contribution in [0.4, 0.5) is 65.9 Å². The third-order valence-corrected chi connectivity index (χ3v) is 2.70. The van der Waals surface area contributed by atoms with E-state index in [1.54, 1.807) is 0 Å². The molecule has 17 heteroatoms. The second-order valence-corrected chi connectivity index (χ2v) is 4.47. The van der Waals surface area contributed by atoms with E-state index in [1.165, 1.54) is 0 Å². The van der Waals surface area contributed by atoms with Crippen molar-refractivity contribution in [3.63, 3.8) is 0 Å². The van der Waals surface area contributed by atoms with Gasteiger partial charge in [-0.1, -0.05) is 0 Å². The van der Waals surface area contributed by atoms with E-state index in [0.29, 0.717) is 0 Å². The first kappa shape index (κ1) is 25.2. The Balaban J connectivity index is 6.95. The summed E-state index contributed by atoms with van der Waals surface area (Å²) in [5.41, 5.74) is -4.24. The maximum absolute atomic E-state index is 13.4. The van der Waals surface area contributed by atoms with Crippen LogP contribution in [0.15, 0.2) is 11.4 Å². The summed E-state index contributed by atoms with van der Waals surface area (Å²) >= 11 is 0. The summed E-state index contributed by atoms with van der Waals surface area (Å²) in [5, 5.41) is 0. The van der Waals surface area contributed by atoms with E-state index in [9.17, 15) is 70.7 Å². The van der Waals surface area contributed by atoms with E-state index in [4.69, 9.17) is 0 Å². The highest BCUT2D eigenvalue weighted by molar-refractivity contribution is 5.91. The minimum absolute atomic E-state index is 0.136. The Morgan fingerprint density at radius 3 is 1.26 bits per heavy atom. The number of carbonyl (C=O) groups excluding carboxylic acids is 1. The number of allylic oxidation sites excluding steroid dienone is 1. The van der Waals surface area contributed by atoms with Crippen LogP contribution in [-0.2, 0) is 9.53 Å². The molecule has 0 saturated heterocycles. The van der Waals surface area contributed by atoms with Crippen LogP contribution >= 0.6 is 0 Å². The molecule has 27 heavy (non-hydrogen) atoms. The molecule has 0 atom stereocenters. The van der Waals surface area contributed by atoms with Gasteiger partial charge in [-0.25, -0.2) is 9.18 Å². The first-order valence-electron chi connectivity index (χ1n) is 5.65. The molecule has 0 aromatic carbocycles. The summed E-state index contributed by atoms with van der Waals surface area (Å²) in [5.74, 6) is -38.7. The summed E-state index contributed by atoms with van der Waals surface area (Å²) in [6.07, 6.45) is -14.6. The van der Waals surface area contributed by atoms with Crippen LogP contribution in [-0.4, -0.2) is 49.1 Å². The van der Waals surface area contributed by atoms with Crippen LogP contribution in [0.3, 0.4) is 0 Å². The molecule has 0 aromatic heterocycles. The lowest BCUT2D eigenvalue weighted by Gasteiger charge is -2.33. The second-order valence-electron chi connectivity index (χ2n) is 4.47. The Kier molecular flexibility index (Phi) is 6.19. The van der Waals surface area contributed by atoms with Crippen molar-refractivity contribution >= 4 is 5.97 Å². The fraction of sp³-hybridized carbons (Fsp3) is 0.700. The Labute approximate surface area is 137 Å². The lowest BCUT2D eigenvalue weighted by molar-refractivity contribution is -0.392. The monoisotopic (exact) mass is 440 g/mol. The number of hydrogen-bond acceptors (Lipinski definition) is 2. The number of rotatable bonds is 5. The van der Waals surface area contributed by atoms with E-state index in [2.05, 4.69) is 4.74 Å². The number of esters is 1. The second kappa shape index (κ2) is 6.65. The molecule has 0 amide bonds. The fourth-order valence-electron chi connectivity index (χ4n) is 1.27.